The van der Waals surface area contributed by atoms with Crippen molar-refractivity contribution >= 4 is 5.82 Å². The summed E-state index contributed by atoms with van der Waals surface area (Å²) in [5, 5.41) is 0. The van der Waals surface area contributed by atoms with Crippen LogP contribution in [0.25, 0.3) is 11.3 Å². The number of nitrogen functional groups attached to an aromatic ring is 1. The van der Waals surface area contributed by atoms with E-state index in [4.69, 9.17) is 10.6 Å². The van der Waals surface area contributed by atoms with Gasteiger partial charge in [-0.25, -0.2) is 15.8 Å². The number of hydrogen-bond acceptors (Lipinski definition) is 5. The predicted octanol–water partition coefficient (Wildman–Crippen LogP) is 1.93. The zero-order chi connectivity index (χ0) is 13.7. The molecule has 100 valence electrons. The van der Waals surface area contributed by atoms with Gasteiger partial charge in [-0.2, -0.15) is 0 Å². The topological polar surface area (TPSA) is 73.1 Å². The number of hydrazine groups is 1. The smallest absolute Gasteiger partial charge is 0.147 e. The highest BCUT2D eigenvalue weighted by Crippen LogP contribution is 2.25. The minimum absolute atomic E-state index is 0.585. The Balaban J connectivity index is 2.46. The van der Waals surface area contributed by atoms with Gasteiger partial charge in [-0.05, 0) is 6.92 Å². The molecule has 1 aromatic heterocycles. The molecule has 0 fully saturated rings. The summed E-state index contributed by atoms with van der Waals surface area (Å²) in [7, 11) is 1.66. The van der Waals surface area contributed by atoms with Crippen molar-refractivity contribution in [2.45, 2.75) is 13.3 Å². The van der Waals surface area contributed by atoms with E-state index in [2.05, 4.69) is 15.4 Å². The Morgan fingerprint density at radius 3 is 2.58 bits per heavy atom. The minimum atomic E-state index is 0.585. The number of methoxy groups -OCH3 is 1. The molecule has 0 aliphatic rings. The molecule has 0 saturated heterocycles. The standard InChI is InChI=1S/C14H18N4O/c1-10-13(11-6-4-3-5-7-11)16-12(8-9-19-2)17-14(10)18-15/h3-7H,8-9,15H2,1-2H3,(H,16,17,18). The van der Waals surface area contributed by atoms with Crippen molar-refractivity contribution in [3.8, 4) is 11.3 Å². The van der Waals surface area contributed by atoms with Gasteiger partial charge in [0.25, 0.3) is 0 Å². The van der Waals surface area contributed by atoms with Crippen LogP contribution in [0, 0.1) is 6.92 Å². The van der Waals surface area contributed by atoms with Gasteiger partial charge < -0.3 is 10.2 Å². The average molecular weight is 258 g/mol. The molecule has 2 rings (SSSR count). The maximum absolute atomic E-state index is 5.52. The third kappa shape index (κ3) is 3.07. The minimum Gasteiger partial charge on any atom is -0.384 e. The number of benzene rings is 1. The molecule has 5 nitrogen and oxygen atoms in total. The Morgan fingerprint density at radius 1 is 1.21 bits per heavy atom. The van der Waals surface area contributed by atoms with Gasteiger partial charge in [-0.15, -0.1) is 0 Å². The summed E-state index contributed by atoms with van der Waals surface area (Å²) in [4.78, 5) is 8.99. The molecular formula is C14H18N4O. The summed E-state index contributed by atoms with van der Waals surface area (Å²) in [5.74, 6) is 6.90. The van der Waals surface area contributed by atoms with Gasteiger partial charge >= 0.3 is 0 Å². The Hall–Kier alpha value is -1.98. The number of nitrogens with one attached hydrogen (secondary N) is 1. The molecule has 3 N–H and O–H groups in total. The third-order valence-electron chi connectivity index (χ3n) is 2.91. The molecule has 0 bridgehead atoms. The van der Waals surface area contributed by atoms with Crippen LogP contribution in [0.4, 0.5) is 5.82 Å². The van der Waals surface area contributed by atoms with E-state index in [0.717, 1.165) is 22.6 Å². The molecule has 0 aliphatic heterocycles. The number of anilines is 1. The summed E-state index contributed by atoms with van der Waals surface area (Å²) in [6.45, 7) is 2.54. The highest BCUT2D eigenvalue weighted by Gasteiger charge is 2.11. The lowest BCUT2D eigenvalue weighted by Crippen LogP contribution is -2.14. The van der Waals surface area contributed by atoms with Crippen LogP contribution in [0.2, 0.25) is 0 Å². The van der Waals surface area contributed by atoms with Crippen LogP contribution in [0.5, 0.6) is 0 Å². The van der Waals surface area contributed by atoms with E-state index in [9.17, 15) is 0 Å². The molecule has 5 heteroatoms. The Labute approximate surface area is 112 Å². The Morgan fingerprint density at radius 2 is 1.95 bits per heavy atom. The lowest BCUT2D eigenvalue weighted by atomic mass is 10.1. The van der Waals surface area contributed by atoms with Gasteiger partial charge in [0.15, 0.2) is 0 Å². The van der Waals surface area contributed by atoms with Crippen LogP contribution in [-0.2, 0) is 11.2 Å². The van der Waals surface area contributed by atoms with Crippen molar-refractivity contribution in [2.24, 2.45) is 5.84 Å². The second-order valence-electron chi connectivity index (χ2n) is 4.22. The summed E-state index contributed by atoms with van der Waals surface area (Å²) in [6.07, 6.45) is 0.658. The van der Waals surface area contributed by atoms with Gasteiger partial charge in [-0.1, -0.05) is 30.3 Å². The lowest BCUT2D eigenvalue weighted by Gasteiger charge is -2.12. The van der Waals surface area contributed by atoms with Crippen molar-refractivity contribution in [3.05, 3.63) is 41.7 Å². The summed E-state index contributed by atoms with van der Waals surface area (Å²) >= 11 is 0. The van der Waals surface area contributed by atoms with Crippen molar-refractivity contribution in [2.75, 3.05) is 19.1 Å². The van der Waals surface area contributed by atoms with E-state index >= 15 is 0 Å². The SMILES string of the molecule is COCCc1nc(NN)c(C)c(-c2ccccc2)n1. The average Bonchev–Trinajstić information content (AvgIpc) is 2.47. The van der Waals surface area contributed by atoms with Crippen molar-refractivity contribution < 1.29 is 4.74 Å². The summed E-state index contributed by atoms with van der Waals surface area (Å²) in [6, 6.07) is 10.0. The quantitative estimate of drug-likeness (QED) is 0.633. The highest BCUT2D eigenvalue weighted by molar-refractivity contribution is 5.67. The third-order valence-corrected chi connectivity index (χ3v) is 2.91. The van der Waals surface area contributed by atoms with Gasteiger partial charge in [0.05, 0.1) is 12.3 Å². The maximum Gasteiger partial charge on any atom is 0.147 e. The number of ether oxygens (including phenoxy) is 1. The van der Waals surface area contributed by atoms with Crippen LogP contribution in [0.15, 0.2) is 30.3 Å². The first kappa shape index (κ1) is 13.5. The van der Waals surface area contributed by atoms with Gasteiger partial charge in [0.2, 0.25) is 0 Å². The number of rotatable bonds is 5. The molecule has 0 unspecified atom stereocenters. The highest BCUT2D eigenvalue weighted by atomic mass is 16.5. The summed E-state index contributed by atoms with van der Waals surface area (Å²) < 4.78 is 5.06. The molecule has 19 heavy (non-hydrogen) atoms. The second kappa shape index (κ2) is 6.26. The van der Waals surface area contributed by atoms with E-state index in [0.29, 0.717) is 18.8 Å². The Kier molecular flexibility index (Phi) is 4.43. The molecule has 2 aromatic rings. The molecule has 1 heterocycles. The summed E-state index contributed by atoms with van der Waals surface area (Å²) in [5.41, 5.74) is 5.52. The fraction of sp³-hybridized carbons (Fsp3) is 0.286. The number of hydrogen-bond donors (Lipinski definition) is 2. The largest absolute Gasteiger partial charge is 0.384 e. The van der Waals surface area contributed by atoms with Gasteiger partial charge in [0, 0.05) is 24.7 Å². The van der Waals surface area contributed by atoms with Crippen LogP contribution in [0.1, 0.15) is 11.4 Å². The number of aromatic nitrogens is 2. The molecule has 0 atom stereocenters. The first-order valence-corrected chi connectivity index (χ1v) is 6.14. The normalized spacial score (nSPS) is 10.5. The van der Waals surface area contributed by atoms with E-state index in [1.165, 1.54) is 0 Å². The fourth-order valence-electron chi connectivity index (χ4n) is 1.89. The van der Waals surface area contributed by atoms with Gasteiger partial charge in [0.1, 0.15) is 11.6 Å². The molecule has 0 amide bonds. The zero-order valence-corrected chi connectivity index (χ0v) is 11.2. The molecular weight excluding hydrogens is 240 g/mol. The van der Waals surface area contributed by atoms with Crippen LogP contribution < -0.4 is 11.3 Å². The first-order valence-electron chi connectivity index (χ1n) is 6.14. The maximum atomic E-state index is 5.52. The van der Waals surface area contributed by atoms with Crippen molar-refractivity contribution in [3.63, 3.8) is 0 Å². The van der Waals surface area contributed by atoms with E-state index in [-0.39, 0.29) is 0 Å². The van der Waals surface area contributed by atoms with Crippen molar-refractivity contribution in [1.82, 2.24) is 9.97 Å². The zero-order valence-electron chi connectivity index (χ0n) is 11.2. The predicted molar refractivity (Wildman–Crippen MR) is 75.6 cm³/mol. The van der Waals surface area contributed by atoms with E-state index in [1.54, 1.807) is 7.11 Å². The first-order chi connectivity index (χ1) is 9.26. The van der Waals surface area contributed by atoms with Crippen molar-refractivity contribution in [1.29, 1.82) is 0 Å². The monoisotopic (exact) mass is 258 g/mol. The van der Waals surface area contributed by atoms with Crippen LogP contribution in [0.3, 0.4) is 0 Å². The fourth-order valence-corrected chi connectivity index (χ4v) is 1.89. The van der Waals surface area contributed by atoms with Crippen LogP contribution >= 0.6 is 0 Å². The number of nitrogens with zero attached hydrogens (tertiary/aromatic N) is 2. The molecule has 0 spiro atoms. The van der Waals surface area contributed by atoms with Gasteiger partial charge in [-0.3, -0.25) is 0 Å². The second-order valence-corrected chi connectivity index (χ2v) is 4.22. The van der Waals surface area contributed by atoms with Crippen LogP contribution in [-0.4, -0.2) is 23.7 Å². The molecule has 1 aromatic carbocycles. The van der Waals surface area contributed by atoms with E-state index < -0.39 is 0 Å². The molecule has 0 radical (unpaired) electrons. The molecule has 0 saturated carbocycles. The Bertz CT molecular complexity index is 543. The number of nitrogens with two attached hydrogens (primary N) is 1. The van der Waals surface area contributed by atoms with E-state index in [1.807, 2.05) is 37.3 Å². The lowest BCUT2D eigenvalue weighted by molar-refractivity contribution is 0.200. The molecule has 0 aliphatic carbocycles.